The molecular formula is C21H13Cl2N3O3. The topological polar surface area (TPSA) is 77.2 Å². The predicted octanol–water partition coefficient (Wildman–Crippen LogP) is 6.09. The zero-order chi connectivity index (χ0) is 20.2. The van der Waals surface area contributed by atoms with Crippen LogP contribution in [0.5, 0.6) is 11.6 Å². The minimum absolute atomic E-state index is 0.0707. The van der Waals surface area contributed by atoms with Crippen molar-refractivity contribution in [2.75, 3.05) is 5.32 Å². The minimum Gasteiger partial charge on any atom is -0.435 e. The molecule has 4 aromatic rings. The van der Waals surface area contributed by atoms with Crippen LogP contribution >= 0.6 is 23.2 Å². The zero-order valence-electron chi connectivity index (χ0n) is 14.8. The number of carbonyl (C=O) groups excluding carboxylic acids is 1. The molecule has 0 unspecified atom stereocenters. The molecule has 0 fully saturated rings. The van der Waals surface area contributed by atoms with E-state index in [0.717, 1.165) is 5.56 Å². The third kappa shape index (κ3) is 4.39. The van der Waals surface area contributed by atoms with E-state index >= 15 is 0 Å². The van der Waals surface area contributed by atoms with Crippen molar-refractivity contribution in [2.45, 2.75) is 0 Å². The molecule has 0 aliphatic heterocycles. The third-order valence-electron chi connectivity index (χ3n) is 3.92. The lowest BCUT2D eigenvalue weighted by Crippen LogP contribution is -2.11. The molecule has 0 aliphatic carbocycles. The van der Waals surface area contributed by atoms with Gasteiger partial charge < -0.3 is 14.6 Å². The number of nitrogens with zero attached hydrogens (tertiary/aromatic N) is 2. The number of halogens is 2. The Hall–Kier alpha value is -3.35. The van der Waals surface area contributed by atoms with Crippen molar-refractivity contribution in [3.8, 4) is 22.9 Å². The molecule has 8 heteroatoms. The highest BCUT2D eigenvalue weighted by molar-refractivity contribution is 6.35. The predicted molar refractivity (Wildman–Crippen MR) is 111 cm³/mol. The van der Waals surface area contributed by atoms with Gasteiger partial charge in [-0.2, -0.15) is 0 Å². The highest BCUT2D eigenvalue weighted by atomic mass is 35.5. The monoisotopic (exact) mass is 425 g/mol. The summed E-state index contributed by atoms with van der Waals surface area (Å²) in [5, 5.41) is 7.34. The molecule has 1 N–H and O–H groups in total. The summed E-state index contributed by atoms with van der Waals surface area (Å²) in [5.41, 5.74) is 1.84. The van der Waals surface area contributed by atoms with Crippen LogP contribution in [0.15, 0.2) is 77.4 Å². The van der Waals surface area contributed by atoms with Gasteiger partial charge in [-0.25, -0.2) is 4.98 Å². The molecule has 0 saturated heterocycles. The average Bonchev–Trinajstić information content (AvgIpc) is 3.22. The summed E-state index contributed by atoms with van der Waals surface area (Å²) in [6.45, 7) is 0. The summed E-state index contributed by atoms with van der Waals surface area (Å²) in [4.78, 5) is 16.7. The first-order valence-electron chi connectivity index (χ1n) is 8.51. The lowest BCUT2D eigenvalue weighted by molar-refractivity contribution is 0.0987. The Kier molecular flexibility index (Phi) is 5.46. The van der Waals surface area contributed by atoms with Crippen molar-refractivity contribution < 1.29 is 14.1 Å². The van der Waals surface area contributed by atoms with Gasteiger partial charge in [0.1, 0.15) is 10.7 Å². The van der Waals surface area contributed by atoms with Gasteiger partial charge in [0.2, 0.25) is 11.6 Å². The van der Waals surface area contributed by atoms with Crippen LogP contribution in [0.3, 0.4) is 0 Å². The summed E-state index contributed by atoms with van der Waals surface area (Å²) in [6, 6.07) is 19.4. The smallest absolute Gasteiger partial charge is 0.294 e. The van der Waals surface area contributed by atoms with Crippen LogP contribution in [0.1, 0.15) is 10.6 Å². The van der Waals surface area contributed by atoms with Gasteiger partial charge in [-0.3, -0.25) is 4.79 Å². The summed E-state index contributed by atoms with van der Waals surface area (Å²) in [7, 11) is 0. The number of hydrogen-bond acceptors (Lipinski definition) is 5. The maximum Gasteiger partial charge on any atom is 0.294 e. The molecule has 0 spiro atoms. The third-order valence-corrected chi connectivity index (χ3v) is 4.40. The number of para-hydroxylation sites is 2. The van der Waals surface area contributed by atoms with Crippen LogP contribution in [0.2, 0.25) is 10.0 Å². The Labute approximate surface area is 176 Å². The van der Waals surface area contributed by atoms with Gasteiger partial charge in [0.15, 0.2) is 5.75 Å². The van der Waals surface area contributed by atoms with E-state index in [4.69, 9.17) is 32.5 Å². The lowest BCUT2D eigenvalue weighted by Gasteiger charge is -2.11. The van der Waals surface area contributed by atoms with Gasteiger partial charge in [-0.05, 0) is 18.2 Å². The molecule has 6 nitrogen and oxygen atoms in total. The van der Waals surface area contributed by atoms with Crippen LogP contribution in [0.25, 0.3) is 11.3 Å². The first-order chi connectivity index (χ1) is 14.1. The second-order valence-electron chi connectivity index (χ2n) is 5.94. The van der Waals surface area contributed by atoms with Gasteiger partial charge in [0.25, 0.3) is 5.91 Å². The number of rotatable bonds is 5. The van der Waals surface area contributed by atoms with Crippen molar-refractivity contribution in [1.29, 1.82) is 0 Å². The van der Waals surface area contributed by atoms with Gasteiger partial charge >= 0.3 is 0 Å². The fourth-order valence-corrected chi connectivity index (χ4v) is 2.97. The van der Waals surface area contributed by atoms with Crippen molar-refractivity contribution in [3.63, 3.8) is 0 Å². The molecule has 0 saturated carbocycles. The Bertz CT molecular complexity index is 1160. The maximum absolute atomic E-state index is 12.6. The summed E-state index contributed by atoms with van der Waals surface area (Å²) >= 11 is 12.0. The van der Waals surface area contributed by atoms with E-state index in [0.29, 0.717) is 22.2 Å². The highest BCUT2D eigenvalue weighted by Gasteiger charge is 2.17. The second kappa shape index (κ2) is 8.34. The maximum atomic E-state index is 12.6. The first-order valence-corrected chi connectivity index (χ1v) is 9.27. The van der Waals surface area contributed by atoms with Crippen LogP contribution in [-0.4, -0.2) is 16.0 Å². The molecule has 0 bridgehead atoms. The average molecular weight is 426 g/mol. The molecule has 29 heavy (non-hydrogen) atoms. The summed E-state index contributed by atoms with van der Waals surface area (Å²) < 4.78 is 10.9. The van der Waals surface area contributed by atoms with E-state index in [1.54, 1.807) is 30.3 Å². The van der Waals surface area contributed by atoms with Gasteiger partial charge in [-0.1, -0.05) is 70.8 Å². The van der Waals surface area contributed by atoms with Crippen LogP contribution in [-0.2, 0) is 0 Å². The van der Waals surface area contributed by atoms with Crippen molar-refractivity contribution in [1.82, 2.24) is 10.1 Å². The normalized spacial score (nSPS) is 10.6. The number of anilines is 1. The van der Waals surface area contributed by atoms with Crippen molar-refractivity contribution >= 4 is 34.8 Å². The number of amides is 1. The Morgan fingerprint density at radius 2 is 1.76 bits per heavy atom. The fraction of sp³-hybridized carbons (Fsp3) is 0. The van der Waals surface area contributed by atoms with E-state index in [2.05, 4.69) is 15.5 Å². The summed E-state index contributed by atoms with van der Waals surface area (Å²) in [5.74, 6) is 0.136. The number of nitrogens with one attached hydrogen (secondary N) is 1. The molecule has 2 aromatic carbocycles. The number of ether oxygens (including phenoxy) is 1. The van der Waals surface area contributed by atoms with Gasteiger partial charge in [0, 0.05) is 17.8 Å². The fourth-order valence-electron chi connectivity index (χ4n) is 2.55. The minimum atomic E-state index is -0.467. The number of hydrogen-bond donors (Lipinski definition) is 1. The van der Waals surface area contributed by atoms with Gasteiger partial charge in [-0.15, -0.1) is 0 Å². The second-order valence-corrected chi connectivity index (χ2v) is 6.78. The Morgan fingerprint density at radius 3 is 2.55 bits per heavy atom. The molecule has 144 valence electrons. The van der Waals surface area contributed by atoms with Gasteiger partial charge in [0.05, 0.1) is 10.7 Å². The van der Waals surface area contributed by atoms with Crippen molar-refractivity contribution in [3.05, 3.63) is 88.7 Å². The Balaban J connectivity index is 1.54. The van der Waals surface area contributed by atoms with E-state index in [1.807, 2.05) is 30.3 Å². The molecule has 0 radical (unpaired) electrons. The summed E-state index contributed by atoms with van der Waals surface area (Å²) in [6.07, 6.45) is 1.42. The number of aromatic nitrogens is 2. The SMILES string of the molecule is O=C(Nc1ccccc1Oc1ncc(Cl)cc1Cl)c1cc(-c2ccccc2)no1. The zero-order valence-corrected chi connectivity index (χ0v) is 16.3. The number of benzene rings is 2. The van der Waals surface area contributed by atoms with Crippen LogP contribution in [0, 0.1) is 0 Å². The van der Waals surface area contributed by atoms with E-state index in [9.17, 15) is 4.79 Å². The largest absolute Gasteiger partial charge is 0.435 e. The highest BCUT2D eigenvalue weighted by Crippen LogP contribution is 2.33. The van der Waals surface area contributed by atoms with E-state index in [1.165, 1.54) is 12.3 Å². The first kappa shape index (κ1) is 19.0. The molecular weight excluding hydrogens is 413 g/mol. The quantitative estimate of drug-likeness (QED) is 0.418. The molecule has 2 heterocycles. The molecule has 2 aromatic heterocycles. The van der Waals surface area contributed by atoms with E-state index in [-0.39, 0.29) is 16.7 Å². The van der Waals surface area contributed by atoms with E-state index < -0.39 is 5.91 Å². The van der Waals surface area contributed by atoms with Crippen molar-refractivity contribution in [2.24, 2.45) is 0 Å². The number of carbonyl (C=O) groups is 1. The molecule has 0 aliphatic rings. The lowest BCUT2D eigenvalue weighted by atomic mass is 10.1. The standard InChI is InChI=1S/C21H13Cl2N3O3/c22-14-10-15(23)21(24-12-14)28-18-9-5-4-8-16(18)25-20(27)19-11-17(26-29-19)13-6-2-1-3-7-13/h1-12H,(H,25,27). The molecule has 0 atom stereocenters. The molecule has 4 rings (SSSR count). The Morgan fingerprint density at radius 1 is 1.00 bits per heavy atom. The van der Waals surface area contributed by atoms with Crippen LogP contribution < -0.4 is 10.1 Å². The number of pyridine rings is 1. The van der Waals surface area contributed by atoms with Crippen LogP contribution in [0.4, 0.5) is 5.69 Å². The molecule has 1 amide bonds.